The highest BCUT2D eigenvalue weighted by Crippen LogP contribution is 2.10. The van der Waals surface area contributed by atoms with E-state index in [9.17, 15) is 0 Å². The highest BCUT2D eigenvalue weighted by molar-refractivity contribution is 6.08. The van der Waals surface area contributed by atoms with Gasteiger partial charge in [-0.2, -0.15) is 0 Å². The standard InChI is InChI=1S/C6H15BO/c1-6(2,8)4-3-5-7/h8H,3-5,7H2,1-2H3. The molecule has 1 nitrogen and oxygen atoms in total. The summed E-state index contributed by atoms with van der Waals surface area (Å²) in [6, 6.07) is 0. The van der Waals surface area contributed by atoms with Gasteiger partial charge in [0.15, 0.2) is 0 Å². The van der Waals surface area contributed by atoms with Crippen LogP contribution in [-0.4, -0.2) is 18.6 Å². The van der Waals surface area contributed by atoms with Crippen molar-refractivity contribution in [2.45, 2.75) is 38.6 Å². The van der Waals surface area contributed by atoms with Gasteiger partial charge in [-0.3, -0.25) is 0 Å². The minimum absolute atomic E-state index is 0.448. The number of hydrogen-bond acceptors (Lipinski definition) is 1. The molecule has 0 atom stereocenters. The predicted molar refractivity (Wildman–Crippen MR) is 38.9 cm³/mol. The summed E-state index contributed by atoms with van der Waals surface area (Å²) in [7, 11) is 2.13. The summed E-state index contributed by atoms with van der Waals surface area (Å²) in [5.41, 5.74) is -0.448. The van der Waals surface area contributed by atoms with E-state index in [1.54, 1.807) is 0 Å². The third kappa shape index (κ3) is 6.02. The van der Waals surface area contributed by atoms with E-state index in [0.29, 0.717) is 0 Å². The van der Waals surface area contributed by atoms with E-state index in [1.165, 1.54) is 6.32 Å². The highest BCUT2D eigenvalue weighted by Gasteiger charge is 2.09. The van der Waals surface area contributed by atoms with E-state index < -0.39 is 5.60 Å². The molecule has 0 aliphatic rings. The predicted octanol–water partition coefficient (Wildman–Crippen LogP) is 0.589. The van der Waals surface area contributed by atoms with Gasteiger partial charge in [-0.15, -0.1) is 0 Å². The molecule has 0 spiro atoms. The smallest absolute Gasteiger partial charge is 0.101 e. The van der Waals surface area contributed by atoms with Gasteiger partial charge in [-0.25, -0.2) is 0 Å². The molecule has 0 unspecified atom stereocenters. The minimum Gasteiger partial charge on any atom is -0.390 e. The Morgan fingerprint density at radius 2 is 2.00 bits per heavy atom. The van der Waals surface area contributed by atoms with Crippen molar-refractivity contribution in [1.29, 1.82) is 0 Å². The largest absolute Gasteiger partial charge is 0.390 e. The molecule has 0 bridgehead atoms. The maximum Gasteiger partial charge on any atom is 0.101 e. The van der Waals surface area contributed by atoms with Crippen LogP contribution < -0.4 is 0 Å². The van der Waals surface area contributed by atoms with Gasteiger partial charge < -0.3 is 5.11 Å². The molecule has 0 aromatic heterocycles. The van der Waals surface area contributed by atoms with Gasteiger partial charge in [0.05, 0.1) is 5.60 Å². The van der Waals surface area contributed by atoms with Gasteiger partial charge in [-0.1, -0.05) is 12.7 Å². The lowest BCUT2D eigenvalue weighted by molar-refractivity contribution is 0.0703. The third-order valence-corrected chi connectivity index (χ3v) is 1.14. The van der Waals surface area contributed by atoms with Gasteiger partial charge in [-0.05, 0) is 20.3 Å². The average molecular weight is 114 g/mol. The van der Waals surface area contributed by atoms with Crippen LogP contribution in [0, 0.1) is 0 Å². The first-order valence-electron chi connectivity index (χ1n) is 3.28. The number of rotatable bonds is 3. The molecule has 1 N–H and O–H groups in total. The summed E-state index contributed by atoms with van der Waals surface area (Å²) < 4.78 is 0. The molecule has 0 fully saturated rings. The Labute approximate surface area is 52.5 Å². The summed E-state index contributed by atoms with van der Waals surface area (Å²) in [5, 5.41) is 9.15. The summed E-state index contributed by atoms with van der Waals surface area (Å²) >= 11 is 0. The Hall–Kier alpha value is 0.0249. The first kappa shape index (κ1) is 8.02. The topological polar surface area (TPSA) is 20.2 Å². The molecule has 0 radical (unpaired) electrons. The summed E-state index contributed by atoms with van der Waals surface area (Å²) in [5.74, 6) is 0. The third-order valence-electron chi connectivity index (χ3n) is 1.14. The fraction of sp³-hybridized carbons (Fsp3) is 1.00. The van der Waals surface area contributed by atoms with Crippen molar-refractivity contribution in [3.63, 3.8) is 0 Å². The highest BCUT2D eigenvalue weighted by atomic mass is 16.3. The summed E-state index contributed by atoms with van der Waals surface area (Å²) in [6.45, 7) is 3.70. The van der Waals surface area contributed by atoms with Crippen LogP contribution >= 0.6 is 0 Å². The number of aliphatic hydroxyl groups is 1. The van der Waals surface area contributed by atoms with E-state index in [-0.39, 0.29) is 0 Å². The fourth-order valence-electron chi connectivity index (χ4n) is 0.609. The van der Waals surface area contributed by atoms with Gasteiger partial charge in [0, 0.05) is 0 Å². The van der Waals surface area contributed by atoms with Crippen LogP contribution in [0.25, 0.3) is 0 Å². The molecule has 0 saturated carbocycles. The summed E-state index contributed by atoms with van der Waals surface area (Å²) in [6.07, 6.45) is 3.22. The van der Waals surface area contributed by atoms with Gasteiger partial charge in [0.1, 0.15) is 7.85 Å². The van der Waals surface area contributed by atoms with Crippen molar-refractivity contribution in [3.8, 4) is 0 Å². The monoisotopic (exact) mass is 114 g/mol. The number of hydrogen-bond donors (Lipinski definition) is 1. The van der Waals surface area contributed by atoms with Crippen molar-refractivity contribution in [2.24, 2.45) is 0 Å². The molecular weight excluding hydrogens is 98.9 g/mol. The molecule has 0 saturated heterocycles. The second-order valence-corrected chi connectivity index (χ2v) is 2.92. The first-order valence-corrected chi connectivity index (χ1v) is 3.28. The second-order valence-electron chi connectivity index (χ2n) is 2.92. The van der Waals surface area contributed by atoms with Gasteiger partial charge >= 0.3 is 0 Å². The van der Waals surface area contributed by atoms with Crippen molar-refractivity contribution in [2.75, 3.05) is 0 Å². The van der Waals surface area contributed by atoms with Crippen LogP contribution in [0.3, 0.4) is 0 Å². The Morgan fingerprint density at radius 3 is 2.12 bits per heavy atom. The van der Waals surface area contributed by atoms with E-state index in [4.69, 9.17) is 5.11 Å². The molecular formula is C6H15BO. The summed E-state index contributed by atoms with van der Waals surface area (Å²) in [4.78, 5) is 0. The Bertz CT molecular complexity index is 56.0. The zero-order chi connectivity index (χ0) is 6.62. The van der Waals surface area contributed by atoms with Crippen LogP contribution in [0.15, 0.2) is 0 Å². The fourth-order valence-corrected chi connectivity index (χ4v) is 0.609. The quantitative estimate of drug-likeness (QED) is 0.532. The molecule has 0 aliphatic heterocycles. The minimum atomic E-state index is -0.448. The lowest BCUT2D eigenvalue weighted by Crippen LogP contribution is -2.17. The van der Waals surface area contributed by atoms with Crippen LogP contribution in [0.4, 0.5) is 0 Å². The SMILES string of the molecule is BCCCC(C)(C)O. The van der Waals surface area contributed by atoms with Crippen LogP contribution in [0.1, 0.15) is 26.7 Å². The van der Waals surface area contributed by atoms with Crippen LogP contribution in [-0.2, 0) is 0 Å². The molecule has 0 rings (SSSR count). The van der Waals surface area contributed by atoms with E-state index in [1.807, 2.05) is 13.8 Å². The average Bonchev–Trinajstić information content (AvgIpc) is 1.59. The molecule has 0 aromatic carbocycles. The van der Waals surface area contributed by atoms with Crippen molar-refractivity contribution in [3.05, 3.63) is 0 Å². The van der Waals surface area contributed by atoms with E-state index >= 15 is 0 Å². The molecule has 0 aliphatic carbocycles. The Kier molecular flexibility index (Phi) is 3.14. The van der Waals surface area contributed by atoms with Crippen molar-refractivity contribution < 1.29 is 5.11 Å². The molecule has 2 heteroatoms. The van der Waals surface area contributed by atoms with E-state index in [2.05, 4.69) is 7.85 Å². The van der Waals surface area contributed by atoms with E-state index in [0.717, 1.165) is 12.8 Å². The molecule has 0 aromatic rings. The van der Waals surface area contributed by atoms with Crippen LogP contribution in [0.5, 0.6) is 0 Å². The molecule has 48 valence electrons. The Morgan fingerprint density at radius 1 is 1.50 bits per heavy atom. The second kappa shape index (κ2) is 3.13. The van der Waals surface area contributed by atoms with Gasteiger partial charge in [0.2, 0.25) is 0 Å². The van der Waals surface area contributed by atoms with Gasteiger partial charge in [0.25, 0.3) is 0 Å². The normalized spacial score (nSPS) is 11.9. The molecule has 8 heavy (non-hydrogen) atoms. The van der Waals surface area contributed by atoms with Crippen molar-refractivity contribution in [1.82, 2.24) is 0 Å². The molecule has 0 heterocycles. The Balaban J connectivity index is 3.11. The van der Waals surface area contributed by atoms with Crippen molar-refractivity contribution >= 4 is 7.85 Å². The lowest BCUT2D eigenvalue weighted by atomic mass is 9.94. The van der Waals surface area contributed by atoms with Crippen LogP contribution in [0.2, 0.25) is 6.32 Å². The maximum absolute atomic E-state index is 9.15. The zero-order valence-corrected chi connectivity index (χ0v) is 6.07. The molecule has 0 amide bonds. The maximum atomic E-state index is 9.15. The lowest BCUT2D eigenvalue weighted by Gasteiger charge is -2.15. The zero-order valence-electron chi connectivity index (χ0n) is 6.07. The first-order chi connectivity index (χ1) is 3.56.